The van der Waals surface area contributed by atoms with Crippen LogP contribution in [0.1, 0.15) is 44.1 Å². The van der Waals surface area contributed by atoms with Gasteiger partial charge in [0.25, 0.3) is 0 Å². The first-order valence-electron chi connectivity index (χ1n) is 10.6. The first-order valence-corrected chi connectivity index (χ1v) is 10.6. The summed E-state index contributed by atoms with van der Waals surface area (Å²) in [6, 6.07) is 3.11. The molecule has 2 aromatic carbocycles. The summed E-state index contributed by atoms with van der Waals surface area (Å²) < 4.78 is 33.3. The maximum Gasteiger partial charge on any atom is 0.303 e. The van der Waals surface area contributed by atoms with Gasteiger partial charge >= 0.3 is 5.97 Å². The lowest BCUT2D eigenvalue weighted by Crippen LogP contribution is -2.45. The number of fused-ring (bicyclic) bond motifs is 4. The van der Waals surface area contributed by atoms with Crippen LogP contribution in [0.3, 0.4) is 0 Å². The van der Waals surface area contributed by atoms with Crippen molar-refractivity contribution in [3.05, 3.63) is 23.3 Å². The summed E-state index contributed by atoms with van der Waals surface area (Å²) in [5.74, 6) is -0.867. The molecule has 4 atom stereocenters. The van der Waals surface area contributed by atoms with Crippen LogP contribution in [0.4, 0.5) is 0 Å². The van der Waals surface area contributed by atoms with Crippen molar-refractivity contribution in [2.24, 2.45) is 5.92 Å². The van der Waals surface area contributed by atoms with Crippen LogP contribution in [-0.4, -0.2) is 55.0 Å². The molecule has 4 rings (SSSR count). The standard InChI is InChI=1S/C24H28O10/c1-10-18(26)12-7-14(29-4)20(30-5)19(27)16(12)17-13(23(24(10,3)28)34-11(2)25)8-15-21(22(17)31-6)33-9-32-15/h7-8,10,18,23,26-28H,9H2,1-6H3/t10-,18+,23-,24-/m1/s1. The van der Waals surface area contributed by atoms with Gasteiger partial charge in [-0.25, -0.2) is 0 Å². The fourth-order valence-corrected chi connectivity index (χ4v) is 4.67. The summed E-state index contributed by atoms with van der Waals surface area (Å²) in [4.78, 5) is 12.1. The van der Waals surface area contributed by atoms with Crippen LogP contribution in [-0.2, 0) is 9.53 Å². The fourth-order valence-electron chi connectivity index (χ4n) is 4.67. The molecule has 3 N–H and O–H groups in total. The number of ether oxygens (including phenoxy) is 6. The van der Waals surface area contributed by atoms with Gasteiger partial charge in [0.15, 0.2) is 29.1 Å². The highest BCUT2D eigenvalue weighted by atomic mass is 16.7. The molecule has 0 bridgehead atoms. The van der Waals surface area contributed by atoms with Gasteiger partial charge in [-0.15, -0.1) is 0 Å². The number of methoxy groups -OCH3 is 3. The van der Waals surface area contributed by atoms with Crippen LogP contribution in [0.2, 0.25) is 0 Å². The lowest BCUT2D eigenvalue weighted by molar-refractivity contribution is -0.176. The maximum absolute atomic E-state index is 12.1. The van der Waals surface area contributed by atoms with Crippen LogP contribution in [0.25, 0.3) is 11.1 Å². The second-order valence-corrected chi connectivity index (χ2v) is 8.48. The molecule has 34 heavy (non-hydrogen) atoms. The number of rotatable bonds is 4. The van der Waals surface area contributed by atoms with Crippen LogP contribution < -0.4 is 23.7 Å². The third kappa shape index (κ3) is 3.36. The number of hydrogen-bond donors (Lipinski definition) is 3. The van der Waals surface area contributed by atoms with E-state index in [0.29, 0.717) is 11.3 Å². The van der Waals surface area contributed by atoms with Crippen molar-refractivity contribution in [3.8, 4) is 45.6 Å². The summed E-state index contributed by atoms with van der Waals surface area (Å²) >= 11 is 0. The van der Waals surface area contributed by atoms with E-state index in [1.54, 1.807) is 13.0 Å². The molecule has 0 amide bonds. The molecule has 0 fully saturated rings. The Morgan fingerprint density at radius 3 is 2.32 bits per heavy atom. The molecule has 0 aromatic heterocycles. The Bertz CT molecular complexity index is 1140. The molecule has 2 aromatic rings. The van der Waals surface area contributed by atoms with Crippen LogP contribution in [0.5, 0.6) is 34.5 Å². The molecule has 184 valence electrons. The number of aromatic hydroxyl groups is 1. The number of benzene rings is 2. The molecule has 1 aliphatic heterocycles. The molecule has 0 spiro atoms. The second-order valence-electron chi connectivity index (χ2n) is 8.48. The molecule has 0 radical (unpaired) electrons. The Labute approximate surface area is 196 Å². The molecular formula is C24H28O10. The van der Waals surface area contributed by atoms with E-state index < -0.39 is 29.7 Å². The number of phenols is 1. The molecule has 10 nitrogen and oxygen atoms in total. The minimum atomic E-state index is -1.75. The summed E-state index contributed by atoms with van der Waals surface area (Å²) in [7, 11) is 4.18. The Morgan fingerprint density at radius 2 is 1.74 bits per heavy atom. The van der Waals surface area contributed by atoms with Gasteiger partial charge in [0.1, 0.15) is 5.60 Å². The normalized spacial score (nSPS) is 24.9. The predicted molar refractivity (Wildman–Crippen MR) is 119 cm³/mol. The smallest absolute Gasteiger partial charge is 0.303 e. The van der Waals surface area contributed by atoms with Gasteiger partial charge in [-0.05, 0) is 24.6 Å². The summed E-state index contributed by atoms with van der Waals surface area (Å²) in [6.45, 7) is 4.24. The molecule has 0 saturated heterocycles. The Balaban J connectivity index is 2.22. The minimum absolute atomic E-state index is 0.0307. The highest BCUT2D eigenvalue weighted by Crippen LogP contribution is 2.60. The molecule has 1 heterocycles. The maximum atomic E-state index is 12.1. The summed E-state index contributed by atoms with van der Waals surface area (Å²) in [5.41, 5.74) is -0.794. The number of carbonyl (C=O) groups excluding carboxylic acids is 1. The van der Waals surface area contributed by atoms with Gasteiger partial charge in [0.2, 0.25) is 18.3 Å². The van der Waals surface area contributed by atoms with Crippen molar-refractivity contribution in [1.82, 2.24) is 0 Å². The highest BCUT2D eigenvalue weighted by Gasteiger charge is 2.49. The first-order chi connectivity index (χ1) is 16.1. The zero-order chi connectivity index (χ0) is 24.9. The molecule has 10 heteroatoms. The number of aliphatic hydroxyl groups is 2. The van der Waals surface area contributed by atoms with Crippen molar-refractivity contribution in [2.45, 2.75) is 38.6 Å². The van der Waals surface area contributed by atoms with Crippen LogP contribution in [0.15, 0.2) is 12.1 Å². The van der Waals surface area contributed by atoms with Gasteiger partial charge in [-0.3, -0.25) is 4.79 Å². The van der Waals surface area contributed by atoms with E-state index in [1.165, 1.54) is 41.2 Å². The van der Waals surface area contributed by atoms with Crippen molar-refractivity contribution in [2.75, 3.05) is 28.1 Å². The van der Waals surface area contributed by atoms with Gasteiger partial charge in [0.05, 0.1) is 27.4 Å². The van der Waals surface area contributed by atoms with Crippen LogP contribution >= 0.6 is 0 Å². The van der Waals surface area contributed by atoms with E-state index in [0.717, 1.165) is 0 Å². The summed E-state index contributed by atoms with van der Waals surface area (Å²) in [6.07, 6.45) is -2.56. The quantitative estimate of drug-likeness (QED) is 0.566. The van der Waals surface area contributed by atoms with Crippen molar-refractivity contribution in [3.63, 3.8) is 0 Å². The number of phenolic OH excluding ortho intramolecular Hbond substituents is 1. The molecule has 1 aliphatic carbocycles. The lowest BCUT2D eigenvalue weighted by atomic mass is 9.71. The predicted octanol–water partition coefficient (Wildman–Crippen LogP) is 2.85. The molecular weight excluding hydrogens is 448 g/mol. The fraction of sp³-hybridized carbons (Fsp3) is 0.458. The average Bonchev–Trinajstić information content (AvgIpc) is 3.27. The van der Waals surface area contributed by atoms with E-state index in [9.17, 15) is 20.1 Å². The third-order valence-electron chi connectivity index (χ3n) is 6.59. The van der Waals surface area contributed by atoms with Gasteiger partial charge < -0.3 is 43.7 Å². The Morgan fingerprint density at radius 1 is 1.06 bits per heavy atom. The van der Waals surface area contributed by atoms with E-state index in [1.807, 2.05) is 0 Å². The Kier molecular flexibility index (Phi) is 5.91. The zero-order valence-electron chi connectivity index (χ0n) is 19.8. The largest absolute Gasteiger partial charge is 0.504 e. The van der Waals surface area contributed by atoms with E-state index in [4.69, 9.17) is 28.4 Å². The number of esters is 1. The third-order valence-corrected chi connectivity index (χ3v) is 6.59. The van der Waals surface area contributed by atoms with Crippen LogP contribution in [0, 0.1) is 5.92 Å². The van der Waals surface area contributed by atoms with E-state index >= 15 is 0 Å². The van der Waals surface area contributed by atoms with Crippen molar-refractivity contribution >= 4 is 5.97 Å². The zero-order valence-corrected chi connectivity index (χ0v) is 19.8. The lowest BCUT2D eigenvalue weighted by Gasteiger charge is -2.42. The highest BCUT2D eigenvalue weighted by molar-refractivity contribution is 5.89. The van der Waals surface area contributed by atoms with Gasteiger partial charge in [-0.1, -0.05) is 6.92 Å². The van der Waals surface area contributed by atoms with Crippen molar-refractivity contribution in [1.29, 1.82) is 0 Å². The second kappa shape index (κ2) is 8.44. The van der Waals surface area contributed by atoms with Crippen molar-refractivity contribution < 1.29 is 48.5 Å². The average molecular weight is 476 g/mol. The topological polar surface area (TPSA) is 133 Å². The SMILES string of the molecule is COc1cc2c(c(O)c1OC)-c1c(cc3c(c1OC)OCO3)[C@@H](OC(C)=O)[C@](C)(O)[C@H](C)[C@@H]2O. The number of aliphatic hydroxyl groups excluding tert-OH is 1. The molecule has 2 aliphatic rings. The first kappa shape index (κ1) is 23.8. The van der Waals surface area contributed by atoms with Gasteiger partial charge in [-0.2, -0.15) is 0 Å². The monoisotopic (exact) mass is 476 g/mol. The number of hydrogen-bond acceptors (Lipinski definition) is 10. The number of carbonyl (C=O) groups is 1. The Hall–Kier alpha value is -3.37. The molecule has 0 saturated carbocycles. The molecule has 0 unspecified atom stereocenters. The van der Waals surface area contributed by atoms with E-state index in [2.05, 4.69) is 0 Å². The minimum Gasteiger partial charge on any atom is -0.504 e. The summed E-state index contributed by atoms with van der Waals surface area (Å²) in [5, 5.41) is 34.4. The van der Waals surface area contributed by atoms with Gasteiger partial charge in [0, 0.05) is 29.5 Å². The van der Waals surface area contributed by atoms with E-state index in [-0.39, 0.29) is 52.2 Å².